The first-order valence-electron chi connectivity index (χ1n) is 32.8. The highest BCUT2D eigenvalue weighted by molar-refractivity contribution is 7.86. The van der Waals surface area contributed by atoms with Gasteiger partial charge in [-0.25, -0.2) is 33.6 Å². The van der Waals surface area contributed by atoms with Crippen molar-refractivity contribution in [3.05, 3.63) is 0 Å². The maximum absolute atomic E-state index is 13.6. The number of carbonyl (C=O) groups excluding carboxylic acids is 7. The Morgan fingerprint density at radius 3 is 0.698 bits per heavy atom. The largest absolute Gasteiger partial charge is 0.403 e. The van der Waals surface area contributed by atoms with E-state index in [0.29, 0.717) is 46.2 Å². The van der Waals surface area contributed by atoms with Gasteiger partial charge in [-0.05, 0) is 136 Å². The fourth-order valence-electron chi connectivity index (χ4n) is 6.21. The third kappa shape index (κ3) is 80.8. The summed E-state index contributed by atoms with van der Waals surface area (Å²) in [7, 11) is -35.2. The molecule has 0 rings (SSSR count). The van der Waals surface area contributed by atoms with E-state index < -0.39 is 242 Å². The van der Waals surface area contributed by atoms with Gasteiger partial charge in [-0.2, -0.15) is 184 Å². The number of urea groups is 7. The zero-order valence-corrected chi connectivity index (χ0v) is 81.7. The summed E-state index contributed by atoms with van der Waals surface area (Å²) in [5.41, 5.74) is -4.00. The van der Waals surface area contributed by atoms with Crippen LogP contribution in [-0.2, 0) is 154 Å². The smallest absolute Gasteiger partial charge is 0.245 e. The molecule has 14 amide bonds. The Morgan fingerprint density at radius 1 is 0.278 bits per heavy atom. The lowest BCUT2D eigenvalue weighted by Gasteiger charge is -2.36. The predicted octanol–water partition coefficient (Wildman–Crippen LogP) is 6.71. The van der Waals surface area contributed by atoms with Gasteiger partial charge in [0, 0.05) is 46.3 Å². The summed E-state index contributed by atoms with van der Waals surface area (Å²) in [6.07, 6.45) is 3.26. The third-order valence-corrected chi connectivity index (χ3v) is 17.8. The van der Waals surface area contributed by atoms with E-state index in [1.165, 1.54) is 104 Å². The van der Waals surface area contributed by atoms with Crippen LogP contribution >= 0.6 is 0 Å². The Labute approximate surface area is 745 Å². The minimum absolute atomic E-state index is 0.0772. The first-order valence-corrected chi connectivity index (χ1v) is 46.9. The van der Waals surface area contributed by atoms with Gasteiger partial charge < -0.3 is 0 Å². The van der Waals surface area contributed by atoms with Gasteiger partial charge in [0.05, 0.1) is 42.3 Å². The molecular formula is C49H98F14N14O35S14. The van der Waals surface area contributed by atoms with Crippen molar-refractivity contribution in [1.82, 2.24) is 66.0 Å². The number of hydrogen-bond donors (Lipinski definition) is 0. The fourth-order valence-corrected chi connectivity index (χ4v) is 11.4. The number of unbranched alkanes of at least 4 members (excludes halogenated alkanes) is 3. The van der Waals surface area contributed by atoms with E-state index >= 15 is 0 Å². The molecule has 126 heavy (non-hydrogen) atoms. The van der Waals surface area contributed by atoms with Crippen LogP contribution in [0.3, 0.4) is 0 Å². The lowest BCUT2D eigenvalue weighted by atomic mass is 10.1. The van der Waals surface area contributed by atoms with Crippen LogP contribution in [0.5, 0.6) is 0 Å². The maximum Gasteiger partial charge on any atom is 0.403 e. The van der Waals surface area contributed by atoms with Gasteiger partial charge >= 0.3 is 196 Å². The average molecular weight is 2160 g/mol. The van der Waals surface area contributed by atoms with Crippen LogP contribution in [0.25, 0.3) is 0 Å². The van der Waals surface area contributed by atoms with Crippen molar-refractivity contribution in [2.24, 2.45) is 0 Å². The van der Waals surface area contributed by atoms with E-state index in [2.05, 4.69) is 0 Å². The van der Waals surface area contributed by atoms with E-state index in [1.54, 1.807) is 34.6 Å². The molecule has 0 spiro atoms. The van der Waals surface area contributed by atoms with E-state index in [0.717, 1.165) is 0 Å². The van der Waals surface area contributed by atoms with Gasteiger partial charge in [-0.15, -0.1) is 0 Å². The zero-order chi connectivity index (χ0) is 105. The van der Waals surface area contributed by atoms with Crippen LogP contribution < -0.4 is 0 Å². The lowest BCUT2D eigenvalue weighted by Crippen LogP contribution is -2.55. The van der Waals surface area contributed by atoms with Crippen molar-refractivity contribution in [3.8, 4) is 0 Å². The Morgan fingerprint density at radius 2 is 0.516 bits per heavy atom. The second-order valence-electron chi connectivity index (χ2n) is 24.4. The Balaban J connectivity index is -0.0000000931. The average Bonchev–Trinajstić information content (AvgIpc) is 0.794. The summed E-state index contributed by atoms with van der Waals surface area (Å²) >= 11 is -5.25. The standard InChI is InChI=1S/2C9H18F2N2O3S.2C7H14F2N2O3S.2C6H12F2N2O3S.C5H10F2N2O3S.7O2S/c1-8(2,3)12(10)7(14)13(9(4,5)6)17(11,15)16;1-3-5-7-12(10)9(14)13(8-6-4-2)17(11,15)16;1-5(2)10(8)7(12)11(6(3)4)15(9,13)14;1-3-5-10(8)7(12)11(6-4-2)15(9,13)14;1-6(2,3)10(14(8,12)13)5(11)9(4)7;1-3-4-5-10(14(8,12)13)6(11)9(2)7;1-3-8(6)5(10)9(4-2)13(7,11)12;7*1-3-2/h1-6H3;3-8H2,1-2H3;5-6H,1-4H3;3-6H2,1-2H3;1-4H3;3-5H2,1-2H3;3-4H2,1-2H3;;;;;;;. The van der Waals surface area contributed by atoms with Gasteiger partial charge in [-0.3, -0.25) is 0 Å². The second-order valence-corrected chi connectivity index (χ2v) is 34.0. The SMILES string of the molecule is CC(C)(C)N(F)C(=O)N(C(C)(C)C)S(=O)(=O)F.CC(C)N(F)C(=O)N(C(C)C)S(=O)(=O)F.CCCCN(C(=O)N(C)F)S(=O)(=O)F.CCCCN(F)C(=O)N(CCCC)S(=O)(=O)F.CCCN(F)C(=O)N(CCC)S(=O)(=O)F.CCN(F)C(=O)N(CC)S(=O)(=O)F.CN(F)C(=O)N(C(C)(C)C)S(=O)(=O)F.O=S=O.O=S=O.O=S=O.O=S=O.O=S=O.O=S=O.O=S=O. The number of carbonyl (C=O) groups is 7. The van der Waals surface area contributed by atoms with Crippen molar-refractivity contribution < 1.29 is 210 Å². The minimum Gasteiger partial charge on any atom is -0.245 e. The topological polar surface area (TPSA) is 643 Å². The van der Waals surface area contributed by atoms with Gasteiger partial charge in [0.15, 0.2) is 0 Å². The number of halogens is 14. The van der Waals surface area contributed by atoms with Crippen molar-refractivity contribution in [1.29, 1.82) is 0 Å². The molecular weight excluding hydrogens is 2060 g/mol. The lowest BCUT2D eigenvalue weighted by molar-refractivity contribution is -0.0257. The molecule has 0 N–H and O–H groups in total. The number of amides is 14. The maximum atomic E-state index is 13.6. The molecule has 0 aliphatic rings. The van der Waals surface area contributed by atoms with Gasteiger partial charge in [0.25, 0.3) is 0 Å². The zero-order valence-electron chi connectivity index (χ0n) is 70.3. The summed E-state index contributed by atoms with van der Waals surface area (Å²) in [6.45, 7) is 25.5. The molecule has 0 atom stereocenters. The summed E-state index contributed by atoms with van der Waals surface area (Å²) < 4.78 is 442. The molecule has 0 aromatic rings. The van der Waals surface area contributed by atoms with Gasteiger partial charge in [0.2, 0.25) is 0 Å². The summed E-state index contributed by atoms with van der Waals surface area (Å²) in [5, 5.41) is -2.59. The number of nitrogens with zero attached hydrogens (tertiary/aromatic N) is 14. The fraction of sp³-hybridized carbons (Fsp3) is 0.857. The summed E-state index contributed by atoms with van der Waals surface area (Å²) in [6, 6.07) is -12.5. The Bertz CT molecular complexity index is 4190. The van der Waals surface area contributed by atoms with Crippen LogP contribution in [0.15, 0.2) is 0 Å². The molecule has 0 aromatic heterocycles. The first kappa shape index (κ1) is 150. The van der Waals surface area contributed by atoms with E-state index in [-0.39, 0.29) is 114 Å². The van der Waals surface area contributed by atoms with Crippen molar-refractivity contribution in [3.63, 3.8) is 0 Å². The van der Waals surface area contributed by atoms with Crippen LogP contribution in [-0.4, -0.2) is 315 Å². The van der Waals surface area contributed by atoms with Crippen LogP contribution in [0.2, 0.25) is 0 Å². The third-order valence-electron chi connectivity index (χ3n) is 10.9. The minimum atomic E-state index is -5.33. The quantitative estimate of drug-likeness (QED) is 0.0550. The molecule has 756 valence electrons. The van der Waals surface area contributed by atoms with Gasteiger partial charge in [0.1, 0.15) is 0 Å². The second kappa shape index (κ2) is 77.3. The van der Waals surface area contributed by atoms with Crippen LogP contribution in [0.1, 0.15) is 190 Å². The van der Waals surface area contributed by atoms with E-state index in [1.807, 2.05) is 0 Å². The van der Waals surface area contributed by atoms with Crippen molar-refractivity contribution in [2.75, 3.05) is 59.9 Å². The normalized spacial score (nSPS) is 10.5. The van der Waals surface area contributed by atoms with Crippen LogP contribution in [0.4, 0.5) is 92.1 Å². The molecule has 0 aliphatic carbocycles. The summed E-state index contributed by atoms with van der Waals surface area (Å²) in [5.74, 6) is 0. The predicted molar refractivity (Wildman–Crippen MR) is 416 cm³/mol. The Kier molecular flexibility index (Phi) is 91.8. The highest BCUT2D eigenvalue weighted by atomic mass is 32.3. The molecule has 0 heterocycles. The Hall–Kier alpha value is -7.70. The molecule has 77 heteroatoms. The number of rotatable bonds is 24. The monoisotopic (exact) mass is 2160 g/mol. The summed E-state index contributed by atoms with van der Waals surface area (Å²) in [4.78, 5) is 78.0. The van der Waals surface area contributed by atoms with Crippen molar-refractivity contribution >= 4 is 196 Å². The number of hydrogen-bond acceptors (Lipinski definition) is 35. The van der Waals surface area contributed by atoms with Gasteiger partial charge in [-0.1, -0.05) is 112 Å². The molecule has 0 unspecified atom stereocenters. The van der Waals surface area contributed by atoms with E-state index in [9.17, 15) is 151 Å². The highest BCUT2D eigenvalue weighted by Crippen LogP contribution is 2.26. The first-order chi connectivity index (χ1) is 56.5. The molecule has 0 aliphatic heterocycles. The molecule has 0 fully saturated rings. The molecule has 0 saturated carbocycles. The molecule has 0 aromatic carbocycles. The molecule has 0 bridgehead atoms. The molecule has 49 nitrogen and oxygen atoms in total. The van der Waals surface area contributed by atoms with Crippen LogP contribution in [0, 0.1) is 0 Å². The molecule has 0 radical (unpaired) electrons. The molecule has 0 saturated heterocycles. The highest BCUT2D eigenvalue weighted by Gasteiger charge is 2.44. The van der Waals surface area contributed by atoms with Crippen molar-refractivity contribution in [2.45, 2.75) is 219 Å². The van der Waals surface area contributed by atoms with E-state index in [4.69, 9.17) is 58.9 Å².